The summed E-state index contributed by atoms with van der Waals surface area (Å²) in [5.41, 5.74) is 3.46. The molecule has 0 radical (unpaired) electrons. The fraction of sp³-hybridized carbons (Fsp3) is 0.143. The van der Waals surface area contributed by atoms with Gasteiger partial charge in [-0.1, -0.05) is 78.9 Å². The van der Waals surface area contributed by atoms with E-state index in [1.165, 1.54) is 4.90 Å². The molecule has 0 aromatic heterocycles. The van der Waals surface area contributed by atoms with Crippen molar-refractivity contribution in [3.05, 3.63) is 108 Å². The number of aryl methyl sites for hydroxylation is 1. The van der Waals surface area contributed by atoms with Gasteiger partial charge in [0.05, 0.1) is 17.4 Å². The van der Waals surface area contributed by atoms with Crippen molar-refractivity contribution in [2.75, 3.05) is 9.96 Å². The van der Waals surface area contributed by atoms with Crippen LogP contribution in [-0.4, -0.2) is 17.9 Å². The zero-order valence-corrected chi connectivity index (χ0v) is 18.1. The molecule has 4 aromatic carbocycles. The lowest BCUT2D eigenvalue weighted by Gasteiger charge is -2.29. The topological polar surface area (TPSA) is 49.9 Å². The van der Waals surface area contributed by atoms with Crippen molar-refractivity contribution < 1.29 is 14.4 Å². The first-order valence-corrected chi connectivity index (χ1v) is 11.1. The Bertz CT molecular complexity index is 1380. The number of imide groups is 1. The maximum atomic E-state index is 13.9. The number of para-hydroxylation sites is 1. The van der Waals surface area contributed by atoms with E-state index < -0.39 is 18.1 Å². The molecule has 2 heterocycles. The van der Waals surface area contributed by atoms with E-state index in [9.17, 15) is 9.59 Å². The largest absolute Gasteiger partial charge is 0.273 e. The number of hydrogen-bond donors (Lipinski definition) is 0. The number of hydroxylamine groups is 1. The third kappa shape index (κ3) is 2.97. The normalized spacial score (nSPS) is 22.3. The van der Waals surface area contributed by atoms with Crippen LogP contribution in [0, 0.1) is 12.8 Å². The molecule has 2 fully saturated rings. The van der Waals surface area contributed by atoms with E-state index >= 15 is 0 Å². The van der Waals surface area contributed by atoms with Crippen LogP contribution in [0.2, 0.25) is 0 Å². The van der Waals surface area contributed by atoms with Crippen molar-refractivity contribution in [2.24, 2.45) is 5.92 Å². The highest BCUT2D eigenvalue weighted by Gasteiger charge is 2.60. The number of benzene rings is 4. The molecule has 162 valence electrons. The van der Waals surface area contributed by atoms with Crippen LogP contribution in [-0.2, 0) is 14.4 Å². The predicted molar refractivity (Wildman–Crippen MR) is 128 cm³/mol. The molecule has 5 nitrogen and oxygen atoms in total. The van der Waals surface area contributed by atoms with E-state index in [-0.39, 0.29) is 11.8 Å². The van der Waals surface area contributed by atoms with Crippen molar-refractivity contribution in [3.63, 3.8) is 0 Å². The summed E-state index contributed by atoms with van der Waals surface area (Å²) in [4.78, 5) is 35.1. The standard InChI is InChI=1S/C28H22N2O3/c1-18-10-5-7-15-21(18)25-24-26(33-30(25)20-13-3-2-4-14-20)28(32)29(27(24)31)23-17-9-12-19-11-6-8-16-22(19)23/h2-17,24-26H,1H3/t24-,25-,26-/m0/s1. The van der Waals surface area contributed by atoms with E-state index in [1.54, 1.807) is 5.06 Å². The molecule has 0 unspecified atom stereocenters. The Hall–Kier alpha value is -3.96. The Balaban J connectivity index is 1.48. The maximum Gasteiger partial charge on any atom is 0.266 e. The molecule has 2 aliphatic heterocycles. The van der Waals surface area contributed by atoms with Gasteiger partial charge in [-0.3, -0.25) is 14.4 Å². The molecular formula is C28H22N2O3. The highest BCUT2D eigenvalue weighted by atomic mass is 16.7. The molecule has 2 amide bonds. The second-order valence-electron chi connectivity index (χ2n) is 8.52. The van der Waals surface area contributed by atoms with Gasteiger partial charge in [-0.25, -0.2) is 9.96 Å². The van der Waals surface area contributed by atoms with Crippen molar-refractivity contribution in [3.8, 4) is 0 Å². The number of rotatable bonds is 3. The third-order valence-corrected chi connectivity index (χ3v) is 6.64. The summed E-state index contributed by atoms with van der Waals surface area (Å²) < 4.78 is 0. The molecule has 33 heavy (non-hydrogen) atoms. The van der Waals surface area contributed by atoms with Gasteiger partial charge in [0.2, 0.25) is 5.91 Å². The second-order valence-corrected chi connectivity index (χ2v) is 8.52. The van der Waals surface area contributed by atoms with Crippen molar-refractivity contribution in [2.45, 2.75) is 19.1 Å². The van der Waals surface area contributed by atoms with Gasteiger partial charge in [-0.15, -0.1) is 0 Å². The van der Waals surface area contributed by atoms with E-state index in [2.05, 4.69) is 0 Å². The molecule has 0 N–H and O–H groups in total. The van der Waals surface area contributed by atoms with Gasteiger partial charge in [-0.05, 0) is 41.6 Å². The summed E-state index contributed by atoms with van der Waals surface area (Å²) in [5, 5.41) is 3.59. The number of anilines is 2. The minimum Gasteiger partial charge on any atom is -0.273 e. The molecular weight excluding hydrogens is 412 g/mol. The van der Waals surface area contributed by atoms with E-state index in [0.29, 0.717) is 5.69 Å². The molecule has 0 spiro atoms. The maximum absolute atomic E-state index is 13.9. The van der Waals surface area contributed by atoms with Gasteiger partial charge in [0, 0.05) is 5.39 Å². The van der Waals surface area contributed by atoms with Gasteiger partial charge in [0.1, 0.15) is 5.92 Å². The highest BCUT2D eigenvalue weighted by molar-refractivity contribution is 6.26. The summed E-state index contributed by atoms with van der Waals surface area (Å²) in [6.45, 7) is 2.02. The molecule has 6 rings (SSSR count). The first-order valence-electron chi connectivity index (χ1n) is 11.1. The van der Waals surface area contributed by atoms with E-state index in [0.717, 1.165) is 27.6 Å². The SMILES string of the molecule is Cc1ccccc1[C@H]1[C@@H]2C(=O)N(c3cccc4ccccc34)C(=O)[C@H]2ON1c1ccccc1. The Morgan fingerprint density at radius 1 is 0.727 bits per heavy atom. The van der Waals surface area contributed by atoms with Crippen LogP contribution in [0.3, 0.4) is 0 Å². The number of hydrogen-bond acceptors (Lipinski definition) is 4. The van der Waals surface area contributed by atoms with Crippen LogP contribution in [0.25, 0.3) is 10.8 Å². The van der Waals surface area contributed by atoms with Gasteiger partial charge in [0.15, 0.2) is 6.10 Å². The fourth-order valence-corrected chi connectivity index (χ4v) is 5.09. The lowest BCUT2D eigenvalue weighted by molar-refractivity contribution is -0.126. The smallest absolute Gasteiger partial charge is 0.266 e. The van der Waals surface area contributed by atoms with Crippen LogP contribution in [0.15, 0.2) is 97.1 Å². The fourth-order valence-electron chi connectivity index (χ4n) is 5.09. The summed E-state index contributed by atoms with van der Waals surface area (Å²) in [5.74, 6) is -1.19. The van der Waals surface area contributed by atoms with Gasteiger partial charge in [-0.2, -0.15) is 0 Å². The molecule has 5 heteroatoms. The molecule has 0 aliphatic carbocycles. The molecule has 2 saturated heterocycles. The summed E-state index contributed by atoms with van der Waals surface area (Å²) in [6.07, 6.45) is -0.874. The van der Waals surface area contributed by atoms with Crippen molar-refractivity contribution in [1.29, 1.82) is 0 Å². The Kier molecular flexibility index (Phi) is 4.52. The minimum absolute atomic E-state index is 0.229. The Morgan fingerprint density at radius 2 is 1.42 bits per heavy atom. The van der Waals surface area contributed by atoms with Crippen molar-refractivity contribution in [1.82, 2.24) is 0 Å². The van der Waals surface area contributed by atoms with E-state index in [1.807, 2.05) is 104 Å². The zero-order chi connectivity index (χ0) is 22.5. The predicted octanol–water partition coefficient (Wildman–Crippen LogP) is 5.20. The highest BCUT2D eigenvalue weighted by Crippen LogP contribution is 2.48. The van der Waals surface area contributed by atoms with Crippen LogP contribution >= 0.6 is 0 Å². The van der Waals surface area contributed by atoms with Crippen LogP contribution in [0.1, 0.15) is 17.2 Å². The number of amides is 2. The molecule has 0 saturated carbocycles. The molecule has 3 atom stereocenters. The number of carbonyl (C=O) groups excluding carboxylic acids is 2. The summed E-state index contributed by atoms with van der Waals surface area (Å²) in [7, 11) is 0. The monoisotopic (exact) mass is 434 g/mol. The Morgan fingerprint density at radius 3 is 2.24 bits per heavy atom. The zero-order valence-electron chi connectivity index (χ0n) is 18.1. The number of nitrogens with zero attached hydrogens (tertiary/aromatic N) is 2. The molecule has 0 bridgehead atoms. The lowest BCUT2D eigenvalue weighted by Crippen LogP contribution is -2.37. The average molecular weight is 434 g/mol. The minimum atomic E-state index is -0.874. The first kappa shape index (κ1) is 19.7. The van der Waals surface area contributed by atoms with E-state index in [4.69, 9.17) is 4.84 Å². The van der Waals surface area contributed by atoms with Gasteiger partial charge < -0.3 is 0 Å². The van der Waals surface area contributed by atoms with Crippen molar-refractivity contribution >= 4 is 34.0 Å². The van der Waals surface area contributed by atoms with Crippen LogP contribution in [0.5, 0.6) is 0 Å². The van der Waals surface area contributed by atoms with Crippen LogP contribution in [0.4, 0.5) is 11.4 Å². The Labute approximate surface area is 191 Å². The van der Waals surface area contributed by atoms with Gasteiger partial charge in [0.25, 0.3) is 5.91 Å². The first-order chi connectivity index (χ1) is 16.1. The molecule has 4 aromatic rings. The van der Waals surface area contributed by atoms with Crippen LogP contribution < -0.4 is 9.96 Å². The number of fused-ring (bicyclic) bond motifs is 2. The number of carbonyl (C=O) groups is 2. The summed E-state index contributed by atoms with van der Waals surface area (Å²) in [6, 6.07) is 30.7. The molecule has 2 aliphatic rings. The average Bonchev–Trinajstić information content (AvgIpc) is 3.35. The quantitative estimate of drug-likeness (QED) is 0.416. The second kappa shape index (κ2) is 7.57. The van der Waals surface area contributed by atoms with Gasteiger partial charge >= 0.3 is 0 Å². The third-order valence-electron chi connectivity index (χ3n) is 6.64. The lowest BCUT2D eigenvalue weighted by atomic mass is 9.88. The summed E-state index contributed by atoms with van der Waals surface area (Å²) >= 11 is 0.